The summed E-state index contributed by atoms with van der Waals surface area (Å²) in [6.45, 7) is 0. The van der Waals surface area contributed by atoms with Crippen molar-refractivity contribution >= 4 is 29.5 Å². The van der Waals surface area contributed by atoms with Crippen molar-refractivity contribution in [1.82, 2.24) is 15.0 Å². The number of fused-ring (bicyclic) bond motifs is 6. The molecule has 0 fully saturated rings. The van der Waals surface area contributed by atoms with Crippen LogP contribution in [0.15, 0.2) is 84.8 Å². The van der Waals surface area contributed by atoms with Gasteiger partial charge in [-0.1, -0.05) is 18.2 Å². The zero-order chi connectivity index (χ0) is 19.4. The van der Waals surface area contributed by atoms with Crippen molar-refractivity contribution in [2.45, 2.75) is 30.2 Å². The molecule has 0 saturated heterocycles. The molecule has 12 heteroatoms. The Morgan fingerprint density at radius 1 is 0.407 bits per heavy atom. The molecule has 138 valence electrons. The first-order chi connectivity index (χ1) is 12.6. The SMILES string of the molecule is O=S1(=O)c2cccc(n2)S(=O)(=O)c2cccc(n2)S(=O)(=O)c2cccc1n2. The van der Waals surface area contributed by atoms with E-state index < -0.39 is 59.7 Å². The third-order valence-corrected chi connectivity index (χ3v) is 8.41. The molecule has 0 unspecified atom stereocenters. The van der Waals surface area contributed by atoms with E-state index in [4.69, 9.17) is 0 Å². The van der Waals surface area contributed by atoms with Crippen LogP contribution in [0.4, 0.5) is 0 Å². The molecule has 0 aliphatic carbocycles. The molecule has 4 rings (SSSR count). The summed E-state index contributed by atoms with van der Waals surface area (Å²) in [7, 11) is -13.0. The van der Waals surface area contributed by atoms with Gasteiger partial charge in [-0.3, -0.25) is 0 Å². The zero-order valence-corrected chi connectivity index (χ0v) is 15.7. The van der Waals surface area contributed by atoms with Crippen molar-refractivity contribution in [3.63, 3.8) is 0 Å². The minimum atomic E-state index is -4.34. The van der Waals surface area contributed by atoms with Crippen molar-refractivity contribution in [3.8, 4) is 0 Å². The minimum absolute atomic E-state index is 0.567. The Balaban J connectivity index is 2.21. The van der Waals surface area contributed by atoms with E-state index >= 15 is 0 Å². The molecule has 27 heavy (non-hydrogen) atoms. The first kappa shape index (κ1) is 17.7. The van der Waals surface area contributed by atoms with Crippen LogP contribution in [0.25, 0.3) is 0 Å². The molecule has 3 aromatic rings. The van der Waals surface area contributed by atoms with Crippen LogP contribution in [0, 0.1) is 0 Å². The van der Waals surface area contributed by atoms with Crippen LogP contribution in [0.1, 0.15) is 0 Å². The van der Waals surface area contributed by atoms with Crippen molar-refractivity contribution in [2.24, 2.45) is 0 Å². The molecule has 0 amide bonds. The highest BCUT2D eigenvalue weighted by molar-refractivity contribution is 7.92. The van der Waals surface area contributed by atoms with Crippen LogP contribution in [-0.2, 0) is 29.5 Å². The van der Waals surface area contributed by atoms with Gasteiger partial charge in [-0.2, -0.15) is 0 Å². The van der Waals surface area contributed by atoms with Crippen LogP contribution in [-0.4, -0.2) is 40.2 Å². The van der Waals surface area contributed by atoms with Crippen molar-refractivity contribution < 1.29 is 25.3 Å². The largest absolute Gasteiger partial charge is 0.241 e. The molecule has 0 aromatic carbocycles. The highest BCUT2D eigenvalue weighted by Gasteiger charge is 2.31. The standard InChI is InChI=1S/C15H9N3O6S3/c19-25(20)10-4-1-5-11(16-10)26(21,22)13-7-3-9-15(18-13)27(23,24)14-8-2-6-12(25)17-14/h1-9H. The first-order valence-electron chi connectivity index (χ1n) is 7.30. The summed E-state index contributed by atoms with van der Waals surface area (Å²) in [5, 5.41) is -3.40. The van der Waals surface area contributed by atoms with E-state index in [0.717, 1.165) is 36.4 Å². The fraction of sp³-hybridized carbons (Fsp3) is 0. The number of rotatable bonds is 0. The molecule has 0 atom stereocenters. The molecule has 1 aliphatic rings. The molecule has 0 N–H and O–H groups in total. The zero-order valence-electron chi connectivity index (χ0n) is 13.2. The van der Waals surface area contributed by atoms with E-state index in [1.165, 1.54) is 18.2 Å². The average Bonchev–Trinajstić information content (AvgIpc) is 2.67. The number of hydrogen-bond donors (Lipinski definition) is 0. The van der Waals surface area contributed by atoms with Crippen LogP contribution < -0.4 is 0 Å². The smallest absolute Gasteiger partial charge is 0.224 e. The van der Waals surface area contributed by atoms with Gasteiger partial charge < -0.3 is 0 Å². The second kappa shape index (κ2) is 5.65. The Hall–Kier alpha value is -2.70. The maximum atomic E-state index is 12.8. The summed E-state index contributed by atoms with van der Waals surface area (Å²) >= 11 is 0. The Kier molecular flexibility index (Phi) is 3.70. The van der Waals surface area contributed by atoms with Gasteiger partial charge in [-0.05, 0) is 36.4 Å². The number of pyridine rings is 3. The van der Waals surface area contributed by atoms with E-state index in [0.29, 0.717) is 0 Å². The van der Waals surface area contributed by atoms with Gasteiger partial charge >= 0.3 is 0 Å². The predicted molar refractivity (Wildman–Crippen MR) is 89.1 cm³/mol. The number of sulfone groups is 3. The number of aromatic nitrogens is 3. The van der Waals surface area contributed by atoms with Crippen molar-refractivity contribution in [1.29, 1.82) is 0 Å². The Morgan fingerprint density at radius 2 is 0.593 bits per heavy atom. The summed E-state index contributed by atoms with van der Waals surface area (Å²) in [6.07, 6.45) is 0. The summed E-state index contributed by atoms with van der Waals surface area (Å²) in [4.78, 5) is 11.2. The number of hydrogen-bond acceptors (Lipinski definition) is 9. The lowest BCUT2D eigenvalue weighted by Crippen LogP contribution is -2.16. The second-order valence-corrected chi connectivity index (χ2v) is 11.0. The fourth-order valence-corrected chi connectivity index (χ4v) is 6.08. The van der Waals surface area contributed by atoms with Crippen molar-refractivity contribution in [2.75, 3.05) is 0 Å². The summed E-state index contributed by atoms with van der Waals surface area (Å²) in [5.74, 6) is 0. The van der Waals surface area contributed by atoms with Crippen LogP contribution >= 0.6 is 0 Å². The Bertz CT molecular complexity index is 1160. The Morgan fingerprint density at radius 3 is 0.778 bits per heavy atom. The normalized spacial score (nSPS) is 18.7. The van der Waals surface area contributed by atoms with Gasteiger partial charge in [0.1, 0.15) is 0 Å². The van der Waals surface area contributed by atoms with Gasteiger partial charge in [0.05, 0.1) is 0 Å². The first-order valence-corrected chi connectivity index (χ1v) is 11.7. The molecule has 0 saturated carbocycles. The topological polar surface area (TPSA) is 141 Å². The third kappa shape index (κ3) is 2.64. The molecule has 6 bridgehead atoms. The quantitative estimate of drug-likeness (QED) is 0.399. The number of nitrogens with zero attached hydrogens (tertiary/aromatic N) is 3. The van der Waals surface area contributed by atoms with E-state index in [2.05, 4.69) is 15.0 Å². The van der Waals surface area contributed by atoms with Crippen LogP contribution in [0.2, 0.25) is 0 Å². The molecular formula is C15H9N3O6S3. The van der Waals surface area contributed by atoms with Gasteiger partial charge in [-0.25, -0.2) is 40.2 Å². The maximum absolute atomic E-state index is 12.8. The maximum Gasteiger partial charge on any atom is 0.241 e. The van der Waals surface area contributed by atoms with Gasteiger partial charge in [0.2, 0.25) is 29.5 Å². The highest BCUT2D eigenvalue weighted by Crippen LogP contribution is 2.26. The lowest BCUT2D eigenvalue weighted by atomic mass is 10.5. The lowest BCUT2D eigenvalue weighted by Gasteiger charge is -2.11. The summed E-state index contributed by atoms with van der Waals surface area (Å²) in [6, 6.07) is 10.3. The lowest BCUT2D eigenvalue weighted by molar-refractivity contribution is 0.573. The molecule has 1 aliphatic heterocycles. The van der Waals surface area contributed by atoms with Crippen LogP contribution in [0.3, 0.4) is 0 Å². The van der Waals surface area contributed by atoms with Crippen LogP contribution in [0.5, 0.6) is 0 Å². The molecular weight excluding hydrogens is 414 g/mol. The minimum Gasteiger partial charge on any atom is -0.224 e. The van der Waals surface area contributed by atoms with Gasteiger partial charge in [-0.15, -0.1) is 0 Å². The highest BCUT2D eigenvalue weighted by atomic mass is 32.2. The summed E-state index contributed by atoms with van der Waals surface area (Å²) < 4.78 is 76.6. The molecule has 9 nitrogen and oxygen atoms in total. The van der Waals surface area contributed by atoms with Crippen molar-refractivity contribution in [3.05, 3.63) is 54.6 Å². The van der Waals surface area contributed by atoms with E-state index in [9.17, 15) is 25.3 Å². The van der Waals surface area contributed by atoms with Gasteiger partial charge in [0.15, 0.2) is 30.2 Å². The summed E-state index contributed by atoms with van der Waals surface area (Å²) in [5.41, 5.74) is 0. The van der Waals surface area contributed by atoms with E-state index in [-0.39, 0.29) is 0 Å². The third-order valence-electron chi connectivity index (χ3n) is 3.75. The fourth-order valence-electron chi connectivity index (χ4n) is 2.41. The average molecular weight is 423 g/mol. The molecule has 4 heterocycles. The second-order valence-electron chi connectivity index (χ2n) is 5.45. The monoisotopic (exact) mass is 423 g/mol. The van der Waals surface area contributed by atoms with Gasteiger partial charge in [0.25, 0.3) is 0 Å². The molecule has 3 aromatic heterocycles. The Labute approximate surface area is 154 Å². The predicted octanol–water partition coefficient (Wildman–Crippen LogP) is 0.683. The molecule has 0 spiro atoms. The van der Waals surface area contributed by atoms with Gasteiger partial charge in [0, 0.05) is 0 Å². The molecule has 0 radical (unpaired) electrons. The van der Waals surface area contributed by atoms with E-state index in [1.54, 1.807) is 0 Å². The van der Waals surface area contributed by atoms with E-state index in [1.807, 2.05) is 0 Å².